The summed E-state index contributed by atoms with van der Waals surface area (Å²) in [5.41, 5.74) is 41.0. The lowest BCUT2D eigenvalue weighted by atomic mass is 10.1. The first kappa shape index (κ1) is 60.1. The third kappa shape index (κ3) is 18.3. The molecule has 6 aromatic heterocycles. The first-order chi connectivity index (χ1) is 38.7. The molecule has 0 bridgehead atoms. The van der Waals surface area contributed by atoms with Gasteiger partial charge >= 0.3 is 0 Å². The summed E-state index contributed by atoms with van der Waals surface area (Å²) in [6.45, 7) is 4.71. The van der Waals surface area contributed by atoms with Crippen LogP contribution in [0.2, 0.25) is 0 Å². The van der Waals surface area contributed by atoms with Crippen LogP contribution < -0.4 is 53.3 Å². The van der Waals surface area contributed by atoms with Crippen LogP contribution in [0.3, 0.4) is 0 Å². The van der Waals surface area contributed by atoms with Crippen LogP contribution >= 0.6 is 69.3 Å². The minimum atomic E-state index is -0.556. The Hall–Kier alpha value is -7.51. The fraction of sp³-hybridized carbons (Fsp3) is 0.260. The lowest BCUT2D eigenvalue weighted by Gasteiger charge is -2.11. The minimum Gasteiger partial charge on any atom is -0.491 e. The number of alkyl halides is 3. The fourth-order valence-corrected chi connectivity index (χ4v) is 11.6. The topological polar surface area (TPSA) is 335 Å². The van der Waals surface area contributed by atoms with Crippen molar-refractivity contribution in [1.29, 1.82) is 0 Å². The van der Waals surface area contributed by atoms with Crippen molar-refractivity contribution >= 4 is 105 Å². The largest absolute Gasteiger partial charge is 0.491 e. The molecule has 0 atom stereocenters. The molecule has 0 spiro atoms. The predicted octanol–water partition coefficient (Wildman–Crippen LogP) is 10.0. The van der Waals surface area contributed by atoms with Gasteiger partial charge in [0.05, 0.1) is 23.7 Å². The average Bonchev–Trinajstić information content (AvgIpc) is 4.23. The van der Waals surface area contributed by atoms with Crippen molar-refractivity contribution in [2.75, 3.05) is 80.9 Å². The number of aryl methyl sites for hydroxylation is 2. The van der Waals surface area contributed by atoms with Crippen LogP contribution in [0.15, 0.2) is 92.3 Å². The Balaban J connectivity index is 0.000000174. The van der Waals surface area contributed by atoms with Crippen molar-refractivity contribution in [2.24, 2.45) is 0 Å². The number of thiazole rings is 3. The van der Waals surface area contributed by atoms with E-state index in [9.17, 15) is 13.2 Å². The molecule has 30 heteroatoms. The van der Waals surface area contributed by atoms with Crippen molar-refractivity contribution in [2.45, 2.75) is 53.5 Å². The second kappa shape index (κ2) is 30.2. The van der Waals surface area contributed by atoms with E-state index in [0.29, 0.717) is 74.0 Å². The van der Waals surface area contributed by atoms with Gasteiger partial charge in [-0.1, -0.05) is 59.6 Å². The summed E-state index contributed by atoms with van der Waals surface area (Å²) in [6.07, 6.45) is 0. The zero-order valence-electron chi connectivity index (χ0n) is 43.2. The molecule has 0 unspecified atom stereocenters. The fourth-order valence-electron chi connectivity index (χ4n) is 6.62. The number of ether oxygens (including phenoxy) is 4. The number of nitrogens with zero attached hydrogens (tertiary/aromatic N) is 11. The molecule has 0 saturated carbocycles. The molecule has 0 aliphatic carbocycles. The van der Waals surface area contributed by atoms with Crippen LogP contribution in [-0.4, -0.2) is 101 Å². The van der Waals surface area contributed by atoms with Crippen molar-refractivity contribution in [3.63, 3.8) is 0 Å². The number of nitrogen functional groups attached to an aromatic ring is 6. The van der Waals surface area contributed by atoms with Crippen LogP contribution in [0.25, 0.3) is 31.7 Å². The molecule has 6 heterocycles. The summed E-state index contributed by atoms with van der Waals surface area (Å²) in [4.78, 5) is 45.8. The SMILES string of the molecule is CCOc1cc(-c2nc(CSc3nc(N)nc(N)n3)cs2)ccc1OCCF.Cc1ccc(-c2nc(CSc3nc(N)cc(N)n3)cs2)cc1OCCF.Cc1ccc(-c2nc(CSc3nc(N)nc(N)n3)cs2)cc1OCCF. The van der Waals surface area contributed by atoms with Crippen molar-refractivity contribution < 1.29 is 32.1 Å². The normalized spacial score (nSPS) is 10.8. The highest BCUT2D eigenvalue weighted by Crippen LogP contribution is 2.36. The molecule has 12 N–H and O–H groups in total. The molecule has 9 rings (SSSR count). The first-order valence-electron chi connectivity index (χ1n) is 23.9. The van der Waals surface area contributed by atoms with E-state index in [1.54, 1.807) is 6.07 Å². The highest BCUT2D eigenvalue weighted by Gasteiger charge is 2.15. The summed E-state index contributed by atoms with van der Waals surface area (Å²) in [6, 6.07) is 18.6. The Kier molecular flexibility index (Phi) is 22.7. The van der Waals surface area contributed by atoms with Crippen molar-refractivity contribution in [1.82, 2.24) is 54.8 Å². The third-order valence-electron chi connectivity index (χ3n) is 10.1. The van der Waals surface area contributed by atoms with E-state index in [1.165, 1.54) is 75.4 Å². The zero-order chi connectivity index (χ0) is 57.0. The molecule has 420 valence electrons. The molecule has 0 fully saturated rings. The van der Waals surface area contributed by atoms with E-state index in [1.807, 2.05) is 85.4 Å². The highest BCUT2D eigenvalue weighted by atomic mass is 32.2. The van der Waals surface area contributed by atoms with Crippen LogP contribution in [0.1, 0.15) is 35.1 Å². The van der Waals surface area contributed by atoms with E-state index in [2.05, 4.69) is 54.8 Å². The third-order valence-corrected chi connectivity index (χ3v) is 15.6. The van der Waals surface area contributed by atoms with Gasteiger partial charge in [0.15, 0.2) is 27.0 Å². The number of halogens is 3. The van der Waals surface area contributed by atoms with Gasteiger partial charge in [0.25, 0.3) is 0 Å². The molecule has 0 amide bonds. The molecule has 0 radical (unpaired) electrons. The summed E-state index contributed by atoms with van der Waals surface area (Å²) in [5, 5.41) is 9.92. The molecule has 80 heavy (non-hydrogen) atoms. The number of benzene rings is 3. The van der Waals surface area contributed by atoms with Gasteiger partial charge in [-0.3, -0.25) is 0 Å². The molecule has 0 aliphatic rings. The molecule has 9 aromatic rings. The Labute approximate surface area is 482 Å². The van der Waals surface area contributed by atoms with Crippen LogP contribution in [0.4, 0.5) is 48.6 Å². The molecule has 3 aromatic carbocycles. The molecule has 21 nitrogen and oxygen atoms in total. The number of aromatic nitrogens is 11. The number of anilines is 6. The lowest BCUT2D eigenvalue weighted by molar-refractivity contribution is 0.251. The number of hydrogen-bond acceptors (Lipinski definition) is 27. The van der Waals surface area contributed by atoms with Gasteiger partial charge in [-0.15, -0.1) is 34.0 Å². The van der Waals surface area contributed by atoms with Crippen LogP contribution in [-0.2, 0) is 17.3 Å². The minimum absolute atomic E-state index is 0.00977. The first-order valence-corrected chi connectivity index (χ1v) is 29.5. The maximum atomic E-state index is 12.4. The van der Waals surface area contributed by atoms with E-state index < -0.39 is 20.0 Å². The summed E-state index contributed by atoms with van der Waals surface area (Å²) >= 11 is 8.76. The maximum Gasteiger partial charge on any atom is 0.225 e. The van der Waals surface area contributed by atoms with Gasteiger partial charge in [0.2, 0.25) is 23.8 Å². The van der Waals surface area contributed by atoms with E-state index in [-0.39, 0.29) is 43.6 Å². The van der Waals surface area contributed by atoms with Gasteiger partial charge in [-0.05, 0) is 62.2 Å². The molecular formula is C50H54F3N17O4S6. The second-order valence-electron chi connectivity index (χ2n) is 16.1. The Morgan fingerprint density at radius 2 is 0.762 bits per heavy atom. The monoisotopic (exact) mass is 1210 g/mol. The van der Waals surface area contributed by atoms with E-state index in [4.69, 9.17) is 53.3 Å². The van der Waals surface area contributed by atoms with Crippen molar-refractivity contribution in [3.05, 3.63) is 105 Å². The van der Waals surface area contributed by atoms with E-state index >= 15 is 0 Å². The molecular weight excluding hydrogens is 1150 g/mol. The highest BCUT2D eigenvalue weighted by molar-refractivity contribution is 7.98. The Morgan fingerprint density at radius 1 is 0.412 bits per heavy atom. The lowest BCUT2D eigenvalue weighted by Crippen LogP contribution is -2.03. The van der Waals surface area contributed by atoms with Crippen molar-refractivity contribution in [3.8, 4) is 54.7 Å². The quantitative estimate of drug-likeness (QED) is 0.0256. The number of nitrogens with two attached hydrogens (primary N) is 6. The van der Waals surface area contributed by atoms with Gasteiger partial charge < -0.3 is 53.3 Å². The number of thioether (sulfide) groups is 3. The Morgan fingerprint density at radius 3 is 1.14 bits per heavy atom. The Bertz CT molecular complexity index is 3250. The second-order valence-corrected chi connectivity index (χ2v) is 21.5. The van der Waals surface area contributed by atoms with Crippen LogP contribution in [0.5, 0.6) is 23.0 Å². The summed E-state index contributed by atoms with van der Waals surface area (Å²) in [5.74, 6) is 5.24. The maximum absolute atomic E-state index is 12.4. The molecule has 0 saturated heterocycles. The van der Waals surface area contributed by atoms with Gasteiger partial charge in [0, 0.05) is 56.2 Å². The zero-order valence-corrected chi connectivity index (χ0v) is 48.1. The smallest absolute Gasteiger partial charge is 0.225 e. The van der Waals surface area contributed by atoms with E-state index in [0.717, 1.165) is 59.9 Å². The van der Waals surface area contributed by atoms with Gasteiger partial charge in [0.1, 0.15) is 78.0 Å². The van der Waals surface area contributed by atoms with Gasteiger partial charge in [-0.25, -0.2) is 38.1 Å². The standard InChI is InChI=1S/C17H19FN6O2S2.C17H18FN5OS2.C16H17FN6OS2/c1-2-25-13-7-10(3-4-12(13)26-6-5-18)14-21-11(8-27-14)9-28-17-23-15(19)22-16(20)24-17;1-10-2-3-11(6-13(10)24-5-4-18)16-21-12(8-25-16)9-26-17-22-14(19)7-15(20)23-17;1-9-2-3-10(6-12(9)24-5-4-17)13-20-11(7-25-13)8-26-16-22-14(18)21-15(19)23-16/h3-4,7-8H,2,5-6,9H2,1H3,(H4,19,20,22,23,24);2-3,6-8H,4-5,9H2,1H3,(H4,19,20,22,23);2-3,6-7H,4-5,8H2,1H3,(H4,18,19,21,22,23). The van der Waals surface area contributed by atoms with Gasteiger partial charge in [-0.2, -0.15) is 29.9 Å². The predicted molar refractivity (Wildman–Crippen MR) is 315 cm³/mol. The summed E-state index contributed by atoms with van der Waals surface area (Å²) < 4.78 is 58.9. The molecule has 0 aliphatic heterocycles. The summed E-state index contributed by atoms with van der Waals surface area (Å²) in [7, 11) is 0. The van der Waals surface area contributed by atoms with Crippen LogP contribution in [0, 0.1) is 13.8 Å². The number of rotatable bonds is 23. The number of hydrogen-bond donors (Lipinski definition) is 6. The average molecular weight is 1210 g/mol.